The van der Waals surface area contributed by atoms with E-state index in [1.54, 1.807) is 0 Å². The summed E-state index contributed by atoms with van der Waals surface area (Å²) in [4.78, 5) is 0. The second-order valence-corrected chi connectivity index (χ2v) is 2.98. The average Bonchev–Trinajstić information content (AvgIpc) is 1.72. The predicted octanol–water partition coefficient (Wildman–Crippen LogP) is 1.09. The van der Waals surface area contributed by atoms with Gasteiger partial charge in [-0.3, -0.25) is 5.32 Å². The van der Waals surface area contributed by atoms with Gasteiger partial charge in [-0.2, -0.15) is 0 Å². The van der Waals surface area contributed by atoms with Crippen LogP contribution in [0.1, 0.15) is 0 Å². The smallest absolute Gasteiger partial charge is 0.0739 e. The van der Waals surface area contributed by atoms with Gasteiger partial charge < -0.3 is 0 Å². The lowest BCUT2D eigenvalue weighted by Gasteiger charge is -2.07. The van der Waals surface area contributed by atoms with Crippen molar-refractivity contribution < 1.29 is 0 Å². The summed E-state index contributed by atoms with van der Waals surface area (Å²) < 4.78 is 0. The van der Waals surface area contributed by atoms with Gasteiger partial charge in [-0.25, -0.2) is 0 Å². The quantitative estimate of drug-likeness (QED) is 0.514. The Kier molecular flexibility index (Phi) is 2.22. The third kappa shape index (κ3) is 1.41. The molecule has 0 aromatic carbocycles. The standard InChI is InChI=1S/C3H6NS2/c1-4-2-6-3-5-1/h3-4H,1-2H2. The Morgan fingerprint density at radius 3 is 2.17 bits per heavy atom. The number of hydrogen-bond acceptors (Lipinski definition) is 3. The molecule has 0 unspecified atom stereocenters. The summed E-state index contributed by atoms with van der Waals surface area (Å²) in [5.41, 5.74) is 0. The molecule has 0 atom stereocenters. The van der Waals surface area contributed by atoms with Crippen LogP contribution in [-0.2, 0) is 0 Å². The van der Waals surface area contributed by atoms with Gasteiger partial charge in [0.25, 0.3) is 0 Å². The molecule has 1 fully saturated rings. The Balaban J connectivity index is 2.00. The fourth-order valence-electron chi connectivity index (χ4n) is 0.276. The van der Waals surface area contributed by atoms with Gasteiger partial charge in [0.2, 0.25) is 0 Å². The first-order valence-corrected chi connectivity index (χ1v) is 3.85. The zero-order valence-electron chi connectivity index (χ0n) is 3.31. The molecular weight excluding hydrogens is 114 g/mol. The minimum absolute atomic E-state index is 1.09. The van der Waals surface area contributed by atoms with E-state index in [4.69, 9.17) is 0 Å². The molecule has 0 aromatic rings. The number of rotatable bonds is 0. The first kappa shape index (κ1) is 4.81. The van der Waals surface area contributed by atoms with Crippen molar-refractivity contribution in [2.24, 2.45) is 0 Å². The second kappa shape index (κ2) is 2.77. The van der Waals surface area contributed by atoms with Crippen LogP contribution >= 0.6 is 23.5 Å². The Bertz CT molecular complexity index is 24.3. The lowest BCUT2D eigenvalue weighted by atomic mass is 11.2. The monoisotopic (exact) mass is 120 g/mol. The van der Waals surface area contributed by atoms with E-state index < -0.39 is 0 Å². The molecule has 0 spiro atoms. The molecule has 0 amide bonds. The van der Waals surface area contributed by atoms with Crippen LogP contribution in [0.5, 0.6) is 0 Å². The Hall–Kier alpha value is 0.660. The van der Waals surface area contributed by atoms with Crippen molar-refractivity contribution in [2.75, 3.05) is 11.8 Å². The summed E-state index contributed by atoms with van der Waals surface area (Å²) in [6.07, 6.45) is 0. The predicted molar refractivity (Wildman–Crippen MR) is 32.4 cm³/mol. The molecule has 1 aliphatic rings. The van der Waals surface area contributed by atoms with E-state index in [-0.39, 0.29) is 0 Å². The highest BCUT2D eigenvalue weighted by atomic mass is 32.2. The van der Waals surface area contributed by atoms with Gasteiger partial charge in [-0.15, -0.1) is 23.5 Å². The fraction of sp³-hybridized carbons (Fsp3) is 0.667. The minimum atomic E-state index is 1.09. The van der Waals surface area contributed by atoms with E-state index in [9.17, 15) is 0 Å². The van der Waals surface area contributed by atoms with Gasteiger partial charge in [-0.1, -0.05) is 0 Å². The molecule has 1 radical (unpaired) electrons. The molecule has 0 bridgehead atoms. The van der Waals surface area contributed by atoms with E-state index in [2.05, 4.69) is 10.4 Å². The number of nitrogens with one attached hydrogen (secondary N) is 1. The van der Waals surface area contributed by atoms with E-state index >= 15 is 0 Å². The van der Waals surface area contributed by atoms with Crippen LogP contribution in [0.15, 0.2) is 0 Å². The summed E-state index contributed by atoms with van der Waals surface area (Å²) in [6, 6.07) is 0. The molecule has 1 nitrogen and oxygen atoms in total. The second-order valence-electron chi connectivity index (χ2n) is 0.968. The van der Waals surface area contributed by atoms with Crippen LogP contribution in [0.3, 0.4) is 0 Å². The molecular formula is C3H6NS2. The fourth-order valence-corrected chi connectivity index (χ4v) is 1.77. The summed E-state index contributed by atoms with van der Waals surface area (Å²) in [5, 5.41) is 5.34. The summed E-state index contributed by atoms with van der Waals surface area (Å²) >= 11 is 3.64. The van der Waals surface area contributed by atoms with Gasteiger partial charge in [0.1, 0.15) is 0 Å². The molecule has 6 heavy (non-hydrogen) atoms. The van der Waals surface area contributed by atoms with Crippen molar-refractivity contribution in [1.82, 2.24) is 5.32 Å². The molecule has 0 aliphatic carbocycles. The molecule has 0 aromatic heterocycles. The lowest BCUT2D eigenvalue weighted by molar-refractivity contribution is 0.948. The van der Waals surface area contributed by atoms with Crippen LogP contribution < -0.4 is 5.32 Å². The molecule has 0 saturated carbocycles. The third-order valence-corrected chi connectivity index (χ3v) is 2.34. The third-order valence-electron chi connectivity index (χ3n) is 0.507. The van der Waals surface area contributed by atoms with Gasteiger partial charge >= 0.3 is 0 Å². The van der Waals surface area contributed by atoms with Crippen LogP contribution in [0.25, 0.3) is 0 Å². The summed E-state index contributed by atoms with van der Waals surface area (Å²) in [5.74, 6) is 2.18. The molecule has 1 rings (SSSR count). The van der Waals surface area contributed by atoms with Gasteiger partial charge in [0.05, 0.1) is 5.08 Å². The normalized spacial score (nSPS) is 24.0. The van der Waals surface area contributed by atoms with E-state index in [0.717, 1.165) is 11.8 Å². The zero-order valence-corrected chi connectivity index (χ0v) is 4.94. The topological polar surface area (TPSA) is 12.0 Å². The molecule has 1 heterocycles. The largest absolute Gasteiger partial charge is 0.299 e. The molecule has 1 N–H and O–H groups in total. The van der Waals surface area contributed by atoms with Crippen molar-refractivity contribution in [1.29, 1.82) is 0 Å². The zero-order chi connectivity index (χ0) is 4.24. The van der Waals surface area contributed by atoms with Crippen LogP contribution in [0.4, 0.5) is 0 Å². The van der Waals surface area contributed by atoms with Crippen molar-refractivity contribution in [3.05, 3.63) is 5.08 Å². The maximum Gasteiger partial charge on any atom is 0.0739 e. The Morgan fingerprint density at radius 2 is 2.00 bits per heavy atom. The number of thioether (sulfide) groups is 2. The Labute approximate surface area is 46.3 Å². The molecule has 3 heteroatoms. The van der Waals surface area contributed by atoms with Gasteiger partial charge in [0, 0.05) is 11.8 Å². The average molecular weight is 120 g/mol. The summed E-state index contributed by atoms with van der Waals surface area (Å²) in [7, 11) is 0. The van der Waals surface area contributed by atoms with Gasteiger partial charge in [0.15, 0.2) is 0 Å². The van der Waals surface area contributed by atoms with Crippen LogP contribution in [0, 0.1) is 5.08 Å². The van der Waals surface area contributed by atoms with Crippen molar-refractivity contribution in [2.45, 2.75) is 0 Å². The number of hydrogen-bond donors (Lipinski definition) is 1. The molecule has 35 valence electrons. The molecule has 1 saturated heterocycles. The van der Waals surface area contributed by atoms with E-state index in [1.165, 1.54) is 0 Å². The highest BCUT2D eigenvalue weighted by Crippen LogP contribution is 2.19. The Morgan fingerprint density at radius 1 is 1.33 bits per heavy atom. The van der Waals surface area contributed by atoms with Gasteiger partial charge in [-0.05, 0) is 0 Å². The SMILES string of the molecule is [CH]1SCNCS1. The maximum absolute atomic E-state index is 3.18. The first-order chi connectivity index (χ1) is 3.00. The van der Waals surface area contributed by atoms with Crippen molar-refractivity contribution >= 4 is 23.5 Å². The van der Waals surface area contributed by atoms with E-state index in [1.807, 2.05) is 23.5 Å². The summed E-state index contributed by atoms with van der Waals surface area (Å²) in [6.45, 7) is 0. The van der Waals surface area contributed by atoms with E-state index in [0.29, 0.717) is 0 Å². The highest BCUT2D eigenvalue weighted by molar-refractivity contribution is 8.19. The lowest BCUT2D eigenvalue weighted by Crippen LogP contribution is -2.14. The minimum Gasteiger partial charge on any atom is -0.299 e. The van der Waals surface area contributed by atoms with Crippen molar-refractivity contribution in [3.8, 4) is 0 Å². The van der Waals surface area contributed by atoms with Crippen molar-refractivity contribution in [3.63, 3.8) is 0 Å². The highest BCUT2D eigenvalue weighted by Gasteiger charge is 1.94. The van der Waals surface area contributed by atoms with Crippen LogP contribution in [-0.4, -0.2) is 11.8 Å². The maximum atomic E-state index is 3.18. The molecule has 1 aliphatic heterocycles. The first-order valence-electron chi connectivity index (χ1n) is 1.76. The van der Waals surface area contributed by atoms with Crippen LogP contribution in [0.2, 0.25) is 0 Å².